The molecule has 0 fully saturated rings. The van der Waals surface area contributed by atoms with E-state index in [-0.39, 0.29) is 38.1 Å². The van der Waals surface area contributed by atoms with Gasteiger partial charge in [0.05, 0.1) is 5.09 Å². The van der Waals surface area contributed by atoms with Crippen molar-refractivity contribution in [2.24, 2.45) is 0 Å². The van der Waals surface area contributed by atoms with Crippen molar-refractivity contribution >= 4 is 0 Å². The van der Waals surface area contributed by atoms with Crippen LogP contribution in [-0.4, -0.2) is 21.5 Å². The molecule has 6 N–H and O–H groups in total. The minimum Gasteiger partial charge on any atom is -0.412 e. The van der Waals surface area contributed by atoms with E-state index in [9.17, 15) is 0 Å². The summed E-state index contributed by atoms with van der Waals surface area (Å²) >= 11 is 0. The Balaban J connectivity index is -0.00000000750. The molecule has 0 heterocycles. The molecule has 0 aliphatic heterocycles. The van der Waals surface area contributed by atoms with E-state index < -0.39 is 5.09 Å². The van der Waals surface area contributed by atoms with Crippen LogP contribution in [0.15, 0.2) is 0 Å². The molecule has 0 aliphatic rings. The van der Waals surface area contributed by atoms with Crippen LogP contribution in [0, 0.1) is 15.3 Å². The summed E-state index contributed by atoms with van der Waals surface area (Å²) in [6.45, 7) is 0. The van der Waals surface area contributed by atoms with Crippen molar-refractivity contribution in [3.8, 4) is 0 Å². The second-order valence-corrected chi connectivity index (χ2v) is 0.224. The predicted molar refractivity (Wildman–Crippen MR) is 21.2 cm³/mol. The SMILES string of the molecule is O.O.O.O=[N+]([O-])[O-].[Ti+3]. The summed E-state index contributed by atoms with van der Waals surface area (Å²) in [6, 6.07) is 0. The van der Waals surface area contributed by atoms with Gasteiger partial charge < -0.3 is 31.8 Å². The zero-order valence-corrected chi connectivity index (χ0v) is 5.23. The third-order valence-corrected chi connectivity index (χ3v) is 0. The van der Waals surface area contributed by atoms with Crippen molar-refractivity contribution in [3.63, 3.8) is 0 Å². The first-order valence-electron chi connectivity index (χ1n) is 0.548. The number of hydrogen-bond acceptors (Lipinski definition) is 3. The van der Waals surface area contributed by atoms with Crippen molar-refractivity contribution in [2.45, 2.75) is 0 Å². The molecule has 0 atom stereocenters. The first-order chi connectivity index (χ1) is 1.73. The van der Waals surface area contributed by atoms with Crippen LogP contribution >= 0.6 is 0 Å². The largest absolute Gasteiger partial charge is 3.00 e. The Morgan fingerprint density at radius 2 is 1.00 bits per heavy atom. The molecule has 0 saturated heterocycles. The molecule has 0 aromatic rings. The van der Waals surface area contributed by atoms with Crippen LogP contribution in [0.25, 0.3) is 0 Å². The summed E-state index contributed by atoms with van der Waals surface area (Å²) in [4.78, 5) is 8.25. The van der Waals surface area contributed by atoms with Crippen molar-refractivity contribution in [1.82, 2.24) is 0 Å². The topological polar surface area (TPSA) is 161 Å². The van der Waals surface area contributed by atoms with Crippen LogP contribution in [0.4, 0.5) is 0 Å². The fraction of sp³-hybridized carbons (Fsp3) is 0. The summed E-state index contributed by atoms with van der Waals surface area (Å²) in [5, 5.41) is 14.8. The fourth-order valence-corrected chi connectivity index (χ4v) is 0. The van der Waals surface area contributed by atoms with Gasteiger partial charge in [-0.2, -0.15) is 0 Å². The molecule has 0 unspecified atom stereocenters. The predicted octanol–water partition coefficient (Wildman–Crippen LogP) is -2.72. The smallest absolute Gasteiger partial charge is 0.412 e. The first kappa shape index (κ1) is 46.1. The van der Waals surface area contributed by atoms with Gasteiger partial charge in [0.2, 0.25) is 0 Å². The van der Waals surface area contributed by atoms with Crippen molar-refractivity contribution in [1.29, 1.82) is 0 Å². The molecule has 8 heavy (non-hydrogen) atoms. The van der Waals surface area contributed by atoms with Crippen LogP contribution in [0.1, 0.15) is 0 Å². The maximum Gasteiger partial charge on any atom is 3.00 e. The van der Waals surface area contributed by atoms with E-state index in [1.54, 1.807) is 0 Å². The summed E-state index contributed by atoms with van der Waals surface area (Å²) in [7, 11) is 0. The molecule has 0 aromatic heterocycles. The Labute approximate surface area is 59.2 Å². The summed E-state index contributed by atoms with van der Waals surface area (Å²) in [5.74, 6) is 0. The molecular weight excluding hydrogens is 158 g/mol. The van der Waals surface area contributed by atoms with Crippen LogP contribution in [0.3, 0.4) is 0 Å². The van der Waals surface area contributed by atoms with E-state index in [0.29, 0.717) is 0 Å². The van der Waals surface area contributed by atoms with Gasteiger partial charge in [-0.15, -0.1) is 0 Å². The number of nitrogens with zero attached hydrogens (tertiary/aromatic N) is 1. The molecule has 0 spiro atoms. The van der Waals surface area contributed by atoms with Gasteiger partial charge in [-0.25, -0.2) is 0 Å². The van der Waals surface area contributed by atoms with Gasteiger partial charge in [0.15, 0.2) is 0 Å². The van der Waals surface area contributed by atoms with E-state index >= 15 is 0 Å². The van der Waals surface area contributed by atoms with Gasteiger partial charge in [-0.1, -0.05) is 0 Å². The normalized spacial score (nSPS) is 3.00. The van der Waals surface area contributed by atoms with Crippen molar-refractivity contribution in [2.75, 3.05) is 0 Å². The molecular formula is H6NO6Ti+2. The second-order valence-electron chi connectivity index (χ2n) is 0.224. The standard InChI is InChI=1S/NO3.3H2O.Ti/c2-1(3)4;;;;/h;3*1H2;/q-1;;;;+3. The summed E-state index contributed by atoms with van der Waals surface area (Å²) in [6.07, 6.45) is 0. The van der Waals surface area contributed by atoms with E-state index in [1.165, 1.54) is 0 Å². The quantitative estimate of drug-likeness (QED) is 0.216. The number of rotatable bonds is 0. The minimum atomic E-state index is -1.75. The summed E-state index contributed by atoms with van der Waals surface area (Å²) < 4.78 is 0. The molecule has 0 aliphatic carbocycles. The summed E-state index contributed by atoms with van der Waals surface area (Å²) in [5.41, 5.74) is 0. The molecule has 0 bridgehead atoms. The average molecular weight is 164 g/mol. The Morgan fingerprint density at radius 1 is 1.00 bits per heavy atom. The van der Waals surface area contributed by atoms with Gasteiger partial charge in [0, 0.05) is 0 Å². The molecule has 7 nitrogen and oxygen atoms in total. The maximum atomic E-state index is 8.25. The third kappa shape index (κ3) is 3150. The van der Waals surface area contributed by atoms with E-state index in [4.69, 9.17) is 15.3 Å². The van der Waals surface area contributed by atoms with E-state index in [2.05, 4.69) is 0 Å². The van der Waals surface area contributed by atoms with E-state index in [1.807, 2.05) is 0 Å². The molecule has 49 valence electrons. The maximum absolute atomic E-state index is 8.25. The molecule has 0 saturated carbocycles. The third-order valence-electron chi connectivity index (χ3n) is 0. The molecule has 0 rings (SSSR count). The number of hydrogen-bond donors (Lipinski definition) is 0. The average Bonchev–Trinajstić information content (AvgIpc) is 0.811. The molecule has 0 aromatic carbocycles. The van der Waals surface area contributed by atoms with Crippen LogP contribution in [-0.2, 0) is 21.7 Å². The fourth-order valence-electron chi connectivity index (χ4n) is 0. The van der Waals surface area contributed by atoms with Gasteiger partial charge in [0.25, 0.3) is 0 Å². The Bertz CT molecular complexity index is 31.5. The van der Waals surface area contributed by atoms with Gasteiger partial charge in [0.1, 0.15) is 0 Å². The van der Waals surface area contributed by atoms with Crippen LogP contribution in [0.5, 0.6) is 0 Å². The van der Waals surface area contributed by atoms with E-state index in [0.717, 1.165) is 0 Å². The first-order valence-corrected chi connectivity index (χ1v) is 0.548. The zero-order chi connectivity index (χ0) is 3.58. The van der Waals surface area contributed by atoms with Gasteiger partial charge in [-0.3, -0.25) is 0 Å². The second kappa shape index (κ2) is 29.2. The molecule has 8 heteroatoms. The Morgan fingerprint density at radius 3 is 1.00 bits per heavy atom. The van der Waals surface area contributed by atoms with Gasteiger partial charge >= 0.3 is 21.7 Å². The molecule has 1 radical (unpaired) electrons. The van der Waals surface area contributed by atoms with Crippen LogP contribution < -0.4 is 0 Å². The zero-order valence-electron chi connectivity index (χ0n) is 3.67. The van der Waals surface area contributed by atoms with Crippen LogP contribution in [0.2, 0.25) is 0 Å². The Hall–Kier alpha value is -0.206. The van der Waals surface area contributed by atoms with Crippen molar-refractivity contribution < 1.29 is 43.2 Å². The Kier molecular flexibility index (Phi) is 168. The minimum absolute atomic E-state index is 0. The van der Waals surface area contributed by atoms with Crippen molar-refractivity contribution in [3.05, 3.63) is 15.3 Å². The van der Waals surface area contributed by atoms with Gasteiger partial charge in [-0.05, 0) is 0 Å². The monoisotopic (exact) mass is 164 g/mol. The molecule has 0 amide bonds.